The van der Waals surface area contributed by atoms with Gasteiger partial charge in [-0.2, -0.15) is 0 Å². The normalized spacial score (nSPS) is 11.3. The third-order valence-electron chi connectivity index (χ3n) is 2.69. The van der Waals surface area contributed by atoms with E-state index in [-0.39, 0.29) is 16.3 Å². The molecule has 0 radical (unpaired) electrons. The van der Waals surface area contributed by atoms with E-state index < -0.39 is 15.8 Å². The Kier molecular flexibility index (Phi) is 3.87. The molecule has 0 amide bonds. The first-order valence-corrected chi connectivity index (χ1v) is 7.50. The fraction of sp³-hybridized carbons (Fsp3) is 0.0769. The average molecular weight is 315 g/mol. The summed E-state index contributed by atoms with van der Waals surface area (Å²) in [6.07, 6.45) is 0. The fourth-order valence-electron chi connectivity index (χ4n) is 1.63. The van der Waals surface area contributed by atoms with E-state index in [0.29, 0.717) is 10.6 Å². The summed E-state index contributed by atoms with van der Waals surface area (Å²) in [5.74, 6) is -0.491. The van der Waals surface area contributed by atoms with E-state index in [1.54, 1.807) is 6.92 Å². The molecule has 0 aliphatic rings. The molecule has 0 atom stereocenters. The Balaban J connectivity index is 2.38. The van der Waals surface area contributed by atoms with E-state index in [4.69, 9.17) is 17.3 Å². The van der Waals surface area contributed by atoms with E-state index in [1.807, 2.05) is 0 Å². The number of hydrogen-bond acceptors (Lipinski definition) is 3. The van der Waals surface area contributed by atoms with Crippen molar-refractivity contribution in [1.82, 2.24) is 0 Å². The summed E-state index contributed by atoms with van der Waals surface area (Å²) in [4.78, 5) is -0.108. The number of hydrogen-bond donors (Lipinski definition) is 2. The number of benzene rings is 2. The van der Waals surface area contributed by atoms with Gasteiger partial charge in [-0.05, 0) is 42.8 Å². The minimum Gasteiger partial charge on any atom is -0.398 e. The van der Waals surface area contributed by atoms with Gasteiger partial charge in [0.1, 0.15) is 10.7 Å². The lowest BCUT2D eigenvalue weighted by Gasteiger charge is -2.11. The zero-order chi connectivity index (χ0) is 14.9. The molecule has 0 heterocycles. The van der Waals surface area contributed by atoms with Gasteiger partial charge in [0, 0.05) is 5.02 Å². The van der Waals surface area contributed by atoms with Crippen LogP contribution in [0, 0.1) is 12.7 Å². The average Bonchev–Trinajstić information content (AvgIpc) is 2.33. The van der Waals surface area contributed by atoms with Gasteiger partial charge in [0.25, 0.3) is 10.0 Å². The number of nitrogens with two attached hydrogens (primary N) is 1. The molecule has 20 heavy (non-hydrogen) atoms. The first kappa shape index (κ1) is 14.6. The standard InChI is InChI=1S/C13H12ClFN2O2S/c1-8-2-4-10(7-11(8)15)17-20(18,19)13-5-3-9(14)6-12(13)16/h2-7,17H,16H2,1H3. The predicted molar refractivity (Wildman–Crippen MR) is 77.8 cm³/mol. The molecular weight excluding hydrogens is 303 g/mol. The van der Waals surface area contributed by atoms with Crippen LogP contribution in [-0.4, -0.2) is 8.42 Å². The van der Waals surface area contributed by atoms with Gasteiger partial charge in [-0.3, -0.25) is 4.72 Å². The molecule has 3 N–H and O–H groups in total. The van der Waals surface area contributed by atoms with Gasteiger partial charge >= 0.3 is 0 Å². The van der Waals surface area contributed by atoms with Crippen molar-refractivity contribution in [3.63, 3.8) is 0 Å². The van der Waals surface area contributed by atoms with E-state index in [1.165, 1.54) is 30.3 Å². The van der Waals surface area contributed by atoms with Crippen molar-refractivity contribution >= 4 is 33.0 Å². The minimum atomic E-state index is -3.89. The minimum absolute atomic E-state index is 0.0255. The quantitative estimate of drug-likeness (QED) is 0.855. The summed E-state index contributed by atoms with van der Waals surface area (Å²) >= 11 is 5.72. The smallest absolute Gasteiger partial charge is 0.263 e. The van der Waals surface area contributed by atoms with Crippen molar-refractivity contribution in [2.45, 2.75) is 11.8 Å². The molecule has 0 aromatic heterocycles. The molecule has 106 valence electrons. The molecule has 0 aliphatic carbocycles. The Morgan fingerprint density at radius 2 is 1.90 bits per heavy atom. The second-order valence-corrected chi connectivity index (χ2v) is 6.34. The molecule has 2 aromatic rings. The van der Waals surface area contributed by atoms with Gasteiger partial charge in [-0.15, -0.1) is 0 Å². The van der Waals surface area contributed by atoms with E-state index in [9.17, 15) is 12.8 Å². The van der Waals surface area contributed by atoms with Gasteiger partial charge < -0.3 is 5.73 Å². The first-order chi connectivity index (χ1) is 9.29. The van der Waals surface area contributed by atoms with E-state index in [2.05, 4.69) is 4.72 Å². The van der Waals surface area contributed by atoms with Crippen molar-refractivity contribution in [1.29, 1.82) is 0 Å². The number of nitrogens with one attached hydrogen (secondary N) is 1. The highest BCUT2D eigenvalue weighted by Crippen LogP contribution is 2.25. The third kappa shape index (κ3) is 3.02. The maximum atomic E-state index is 13.4. The molecule has 2 rings (SSSR count). The van der Waals surface area contributed by atoms with Crippen LogP contribution < -0.4 is 10.5 Å². The summed E-state index contributed by atoms with van der Waals surface area (Å²) in [5.41, 5.74) is 6.22. The fourth-order valence-corrected chi connectivity index (χ4v) is 2.97. The van der Waals surface area contributed by atoms with Gasteiger partial charge in [0.05, 0.1) is 11.4 Å². The highest BCUT2D eigenvalue weighted by molar-refractivity contribution is 7.92. The SMILES string of the molecule is Cc1ccc(NS(=O)(=O)c2ccc(Cl)cc2N)cc1F. The largest absolute Gasteiger partial charge is 0.398 e. The summed E-state index contributed by atoms with van der Waals surface area (Å²) in [5, 5.41) is 0.336. The van der Waals surface area contributed by atoms with Crippen molar-refractivity contribution in [3.8, 4) is 0 Å². The number of halogens is 2. The number of nitrogen functional groups attached to an aromatic ring is 1. The second-order valence-electron chi connectivity index (χ2n) is 4.25. The lowest BCUT2D eigenvalue weighted by Crippen LogP contribution is -2.15. The molecule has 0 spiro atoms. The molecule has 2 aromatic carbocycles. The van der Waals surface area contributed by atoms with Crippen LogP contribution in [0.1, 0.15) is 5.56 Å². The number of aryl methyl sites for hydroxylation is 1. The van der Waals surface area contributed by atoms with Crippen molar-refractivity contribution in [3.05, 3.63) is 52.8 Å². The monoisotopic (exact) mass is 314 g/mol. The predicted octanol–water partition coefficient (Wildman–Crippen LogP) is 3.17. The number of rotatable bonds is 3. The van der Waals surface area contributed by atoms with Gasteiger partial charge in [-0.25, -0.2) is 12.8 Å². The zero-order valence-corrected chi connectivity index (χ0v) is 12.1. The Morgan fingerprint density at radius 3 is 2.50 bits per heavy atom. The molecule has 0 unspecified atom stereocenters. The highest BCUT2D eigenvalue weighted by atomic mass is 35.5. The van der Waals surface area contributed by atoms with E-state index >= 15 is 0 Å². The van der Waals surface area contributed by atoms with Crippen molar-refractivity contribution in [2.75, 3.05) is 10.5 Å². The lowest BCUT2D eigenvalue weighted by atomic mass is 10.2. The summed E-state index contributed by atoms with van der Waals surface area (Å²) in [7, 11) is -3.89. The van der Waals surface area contributed by atoms with Crippen molar-refractivity contribution < 1.29 is 12.8 Å². The van der Waals surface area contributed by atoms with Gasteiger partial charge in [0.15, 0.2) is 0 Å². The van der Waals surface area contributed by atoms with E-state index in [0.717, 1.165) is 6.07 Å². The first-order valence-electron chi connectivity index (χ1n) is 5.63. The van der Waals surface area contributed by atoms with Crippen LogP contribution in [0.25, 0.3) is 0 Å². The summed E-state index contributed by atoms with van der Waals surface area (Å²) in [6, 6.07) is 8.12. The van der Waals surface area contributed by atoms with Gasteiger partial charge in [0.2, 0.25) is 0 Å². The molecule has 0 bridgehead atoms. The molecule has 0 saturated carbocycles. The topological polar surface area (TPSA) is 72.2 Å². The molecule has 0 aliphatic heterocycles. The zero-order valence-electron chi connectivity index (χ0n) is 10.5. The number of sulfonamides is 1. The molecule has 4 nitrogen and oxygen atoms in total. The van der Waals surface area contributed by atoms with Crippen LogP contribution >= 0.6 is 11.6 Å². The third-order valence-corrected chi connectivity index (χ3v) is 4.38. The Labute approximate surface area is 121 Å². The van der Waals surface area contributed by atoms with Crippen LogP contribution in [0.5, 0.6) is 0 Å². The van der Waals surface area contributed by atoms with Crippen LogP contribution in [0.3, 0.4) is 0 Å². The summed E-state index contributed by atoms with van der Waals surface area (Å²) in [6.45, 7) is 1.59. The molecule has 0 fully saturated rings. The molecular formula is C13H12ClFN2O2S. The Hall–Kier alpha value is -1.79. The van der Waals surface area contributed by atoms with Crippen molar-refractivity contribution in [2.24, 2.45) is 0 Å². The van der Waals surface area contributed by atoms with Crippen LogP contribution in [-0.2, 0) is 10.0 Å². The highest BCUT2D eigenvalue weighted by Gasteiger charge is 2.18. The van der Waals surface area contributed by atoms with Crippen LogP contribution in [0.4, 0.5) is 15.8 Å². The maximum Gasteiger partial charge on any atom is 0.263 e. The van der Waals surface area contributed by atoms with Crippen LogP contribution in [0.15, 0.2) is 41.3 Å². The lowest BCUT2D eigenvalue weighted by molar-refractivity contribution is 0.601. The Bertz CT molecular complexity index is 763. The molecule has 0 saturated heterocycles. The van der Waals surface area contributed by atoms with Gasteiger partial charge in [-0.1, -0.05) is 17.7 Å². The second kappa shape index (κ2) is 5.30. The number of anilines is 2. The Morgan fingerprint density at radius 1 is 1.20 bits per heavy atom. The van der Waals surface area contributed by atoms with Crippen LogP contribution in [0.2, 0.25) is 5.02 Å². The maximum absolute atomic E-state index is 13.4. The molecule has 7 heteroatoms. The summed E-state index contributed by atoms with van der Waals surface area (Å²) < 4.78 is 40.0.